The van der Waals surface area contributed by atoms with Crippen LogP contribution in [0.5, 0.6) is 0 Å². The number of ether oxygens (including phenoxy) is 1. The number of amides is 3. The van der Waals surface area contributed by atoms with Crippen molar-refractivity contribution in [2.75, 3.05) is 77.6 Å². The van der Waals surface area contributed by atoms with E-state index < -0.39 is 6.09 Å². The van der Waals surface area contributed by atoms with Crippen molar-refractivity contribution in [1.82, 2.24) is 30.2 Å². The molecule has 0 saturated carbocycles. The van der Waals surface area contributed by atoms with Crippen molar-refractivity contribution in [3.8, 4) is 11.1 Å². The van der Waals surface area contributed by atoms with E-state index in [0.29, 0.717) is 31.0 Å². The van der Waals surface area contributed by atoms with Crippen LogP contribution in [-0.4, -0.2) is 116 Å². The lowest BCUT2D eigenvalue weighted by Gasteiger charge is -2.32. The molecule has 2 heterocycles. The lowest BCUT2D eigenvalue weighted by atomic mass is 10.0. The van der Waals surface area contributed by atoms with E-state index >= 15 is 0 Å². The summed E-state index contributed by atoms with van der Waals surface area (Å²) in [5, 5.41) is 17.5. The molecule has 1 saturated heterocycles. The number of carbonyl (C=O) groups is 3. The van der Waals surface area contributed by atoms with Gasteiger partial charge in [-0.3, -0.25) is 14.9 Å². The van der Waals surface area contributed by atoms with Crippen molar-refractivity contribution < 1.29 is 19.1 Å². The molecule has 1 aromatic heterocycles. The number of nitrogens with zero attached hydrogens (tertiary/aromatic N) is 5. The zero-order valence-corrected chi connectivity index (χ0v) is 29.2. The van der Waals surface area contributed by atoms with Crippen LogP contribution in [0, 0.1) is 0 Å². The second kappa shape index (κ2) is 20.1. The number of hydrogen-bond acceptors (Lipinski definition) is 9. The highest BCUT2D eigenvalue weighted by Gasteiger charge is 2.23. The smallest absolute Gasteiger partial charge is 0.411 e. The maximum absolute atomic E-state index is 12.7. The molecule has 1 aliphatic heterocycles. The van der Waals surface area contributed by atoms with Gasteiger partial charge in [0.1, 0.15) is 11.9 Å². The van der Waals surface area contributed by atoms with Gasteiger partial charge in [-0.2, -0.15) is 0 Å². The quantitative estimate of drug-likeness (QED) is 0.160. The third kappa shape index (κ3) is 12.4. The summed E-state index contributed by atoms with van der Waals surface area (Å²) < 4.78 is 5.76. The zero-order chi connectivity index (χ0) is 34.8. The standard InChI is InChI=1S/C37H52N8O4/c1-38-22-12-24-44(3)36(47)33-18-19-34(42-41-33)39-23-11-5-8-17-35(46)43(2)27-28-45-25-20-30(21-26-45)49-37(48)40-32-16-10-9-15-31(32)29-13-6-4-7-14-29/h4,6-7,9-10,13-16,18-19,30,38H,5,8,11-12,17,20-28H2,1-3H3,(H,39,42)(H,40,48). The fourth-order valence-electron chi connectivity index (χ4n) is 5.74. The van der Waals surface area contributed by atoms with Crippen LogP contribution < -0.4 is 16.0 Å². The molecule has 0 bridgehead atoms. The number of para-hydroxylation sites is 1. The molecule has 0 radical (unpaired) electrons. The minimum atomic E-state index is -0.432. The monoisotopic (exact) mass is 672 g/mol. The number of likely N-dealkylation sites (tertiary alicyclic amines) is 1. The van der Waals surface area contributed by atoms with Crippen molar-refractivity contribution >= 4 is 29.4 Å². The van der Waals surface area contributed by atoms with Crippen molar-refractivity contribution in [2.24, 2.45) is 0 Å². The molecular formula is C37H52N8O4. The molecule has 3 aromatic rings. The molecule has 49 heavy (non-hydrogen) atoms. The highest BCUT2D eigenvalue weighted by molar-refractivity contribution is 5.92. The lowest BCUT2D eigenvalue weighted by Crippen LogP contribution is -2.42. The molecule has 12 nitrogen and oxygen atoms in total. The average molecular weight is 673 g/mol. The molecule has 264 valence electrons. The number of anilines is 2. The highest BCUT2D eigenvalue weighted by Crippen LogP contribution is 2.28. The van der Waals surface area contributed by atoms with Gasteiger partial charge in [-0.15, -0.1) is 10.2 Å². The summed E-state index contributed by atoms with van der Waals surface area (Å²) in [4.78, 5) is 43.7. The number of carbonyl (C=O) groups excluding carboxylic acids is 3. The van der Waals surface area contributed by atoms with Crippen LogP contribution in [-0.2, 0) is 9.53 Å². The van der Waals surface area contributed by atoms with Crippen molar-refractivity contribution in [1.29, 1.82) is 0 Å². The minimum absolute atomic E-state index is 0.130. The van der Waals surface area contributed by atoms with E-state index in [1.807, 2.05) is 73.6 Å². The number of hydrogen-bond donors (Lipinski definition) is 3. The fraction of sp³-hybridized carbons (Fsp3) is 0.486. The van der Waals surface area contributed by atoms with Gasteiger partial charge in [0.05, 0.1) is 5.69 Å². The van der Waals surface area contributed by atoms with Gasteiger partial charge in [0.2, 0.25) is 5.91 Å². The molecule has 0 atom stereocenters. The van der Waals surface area contributed by atoms with E-state index in [9.17, 15) is 14.4 Å². The van der Waals surface area contributed by atoms with Crippen molar-refractivity contribution in [2.45, 2.75) is 51.0 Å². The molecular weight excluding hydrogens is 620 g/mol. The van der Waals surface area contributed by atoms with Gasteiger partial charge in [-0.1, -0.05) is 55.0 Å². The summed E-state index contributed by atoms with van der Waals surface area (Å²) in [6.45, 7) is 5.35. The van der Waals surface area contributed by atoms with Crippen LogP contribution >= 0.6 is 0 Å². The number of aromatic nitrogens is 2. The predicted molar refractivity (Wildman–Crippen MR) is 194 cm³/mol. The van der Waals surface area contributed by atoms with Crippen molar-refractivity contribution in [3.63, 3.8) is 0 Å². The normalized spacial score (nSPS) is 13.4. The van der Waals surface area contributed by atoms with Gasteiger partial charge in [0.25, 0.3) is 5.91 Å². The molecule has 12 heteroatoms. The second-order valence-corrected chi connectivity index (χ2v) is 12.5. The Balaban J connectivity index is 1.04. The average Bonchev–Trinajstić information content (AvgIpc) is 3.13. The number of rotatable bonds is 18. The first kappa shape index (κ1) is 37.3. The summed E-state index contributed by atoms with van der Waals surface area (Å²) in [5.74, 6) is 0.650. The first-order chi connectivity index (χ1) is 23.8. The van der Waals surface area contributed by atoms with E-state index in [0.717, 1.165) is 88.1 Å². The lowest BCUT2D eigenvalue weighted by molar-refractivity contribution is -0.130. The Hall–Kier alpha value is -4.55. The van der Waals surface area contributed by atoms with Crippen molar-refractivity contribution in [3.05, 3.63) is 72.4 Å². The van der Waals surface area contributed by atoms with Gasteiger partial charge in [-0.25, -0.2) is 4.79 Å². The summed E-state index contributed by atoms with van der Waals surface area (Å²) in [6.07, 6.45) is 5.02. The zero-order valence-electron chi connectivity index (χ0n) is 29.2. The maximum atomic E-state index is 12.7. The minimum Gasteiger partial charge on any atom is -0.446 e. The molecule has 3 N–H and O–H groups in total. The van der Waals surface area contributed by atoms with Crippen LogP contribution in [0.2, 0.25) is 0 Å². The Morgan fingerprint density at radius 3 is 2.33 bits per heavy atom. The number of nitrogens with one attached hydrogen (secondary N) is 3. The van der Waals surface area contributed by atoms with E-state index in [2.05, 4.69) is 31.0 Å². The van der Waals surface area contributed by atoms with Crippen LogP contribution in [0.25, 0.3) is 11.1 Å². The third-order valence-corrected chi connectivity index (χ3v) is 8.76. The van der Waals surface area contributed by atoms with E-state index in [-0.39, 0.29) is 17.9 Å². The predicted octanol–water partition coefficient (Wildman–Crippen LogP) is 4.97. The summed E-state index contributed by atoms with van der Waals surface area (Å²) in [5.41, 5.74) is 3.05. The molecule has 0 unspecified atom stereocenters. The van der Waals surface area contributed by atoms with Crippen LogP contribution in [0.15, 0.2) is 66.7 Å². The van der Waals surface area contributed by atoms with E-state index in [1.165, 1.54) is 0 Å². The summed E-state index contributed by atoms with van der Waals surface area (Å²) >= 11 is 0. The van der Waals surface area contributed by atoms with Gasteiger partial charge < -0.3 is 30.1 Å². The number of benzene rings is 2. The van der Waals surface area contributed by atoms with Gasteiger partial charge in [-0.05, 0) is 69.5 Å². The first-order valence-electron chi connectivity index (χ1n) is 17.4. The van der Waals surface area contributed by atoms with E-state index in [1.54, 1.807) is 24.1 Å². The maximum Gasteiger partial charge on any atom is 0.411 e. The Morgan fingerprint density at radius 1 is 0.837 bits per heavy atom. The Morgan fingerprint density at radius 2 is 1.59 bits per heavy atom. The molecule has 0 spiro atoms. The van der Waals surface area contributed by atoms with Gasteiger partial charge in [0, 0.05) is 65.3 Å². The van der Waals surface area contributed by atoms with Crippen LogP contribution in [0.4, 0.5) is 16.3 Å². The highest BCUT2D eigenvalue weighted by atomic mass is 16.6. The second-order valence-electron chi connectivity index (χ2n) is 12.5. The Labute approximate surface area is 290 Å². The largest absolute Gasteiger partial charge is 0.446 e. The fourth-order valence-corrected chi connectivity index (χ4v) is 5.74. The third-order valence-electron chi connectivity index (χ3n) is 8.76. The Bertz CT molecular complexity index is 1450. The summed E-state index contributed by atoms with van der Waals surface area (Å²) in [7, 11) is 5.53. The van der Waals surface area contributed by atoms with E-state index in [4.69, 9.17) is 4.74 Å². The number of likely N-dealkylation sites (N-methyl/N-ethyl adjacent to an activating group) is 1. The molecule has 1 fully saturated rings. The summed E-state index contributed by atoms with van der Waals surface area (Å²) in [6, 6.07) is 21.2. The van der Waals surface area contributed by atoms with Gasteiger partial charge in [0.15, 0.2) is 5.69 Å². The number of piperidine rings is 1. The van der Waals surface area contributed by atoms with Crippen LogP contribution in [0.3, 0.4) is 0 Å². The SMILES string of the molecule is CNCCCN(C)C(=O)c1ccc(NCCCCCC(=O)N(C)CCN2CCC(OC(=O)Nc3ccccc3-c3ccccc3)CC2)nn1. The van der Waals surface area contributed by atoms with Gasteiger partial charge >= 0.3 is 6.09 Å². The van der Waals surface area contributed by atoms with Crippen LogP contribution in [0.1, 0.15) is 55.4 Å². The molecule has 3 amide bonds. The first-order valence-corrected chi connectivity index (χ1v) is 17.4. The number of unbranched alkanes of at least 4 members (excludes halogenated alkanes) is 2. The molecule has 4 rings (SSSR count). The molecule has 1 aliphatic rings. The topological polar surface area (TPSA) is 132 Å². The molecule has 0 aliphatic carbocycles. The molecule has 2 aromatic carbocycles. The Kier molecular flexibility index (Phi) is 15.3.